The number of rotatable bonds is 6. The summed E-state index contributed by atoms with van der Waals surface area (Å²) in [5.74, 6) is 0.530. The average molecular weight is 358 g/mol. The number of ether oxygens (including phenoxy) is 1. The predicted molar refractivity (Wildman–Crippen MR) is 83.5 cm³/mol. The van der Waals surface area contributed by atoms with E-state index in [4.69, 9.17) is 4.74 Å². The maximum absolute atomic E-state index is 12.6. The van der Waals surface area contributed by atoms with E-state index < -0.39 is 15.1 Å². The van der Waals surface area contributed by atoms with E-state index in [1.54, 1.807) is 0 Å². The largest absolute Gasteiger partial charge is 0.379 e. The minimum Gasteiger partial charge on any atom is -0.379 e. The summed E-state index contributed by atoms with van der Waals surface area (Å²) in [6.45, 7) is 2.69. The topological polar surface area (TPSA) is 9.23 Å². The van der Waals surface area contributed by atoms with E-state index in [2.05, 4.69) is 0 Å². The zero-order valence-electron chi connectivity index (χ0n) is 13.1. The Kier molecular flexibility index (Phi) is 4.76. The molecule has 0 bridgehead atoms. The highest BCUT2D eigenvalue weighted by Gasteiger charge is 2.65. The van der Waals surface area contributed by atoms with Crippen molar-refractivity contribution in [2.75, 3.05) is 6.61 Å². The van der Waals surface area contributed by atoms with Crippen LogP contribution in [0.5, 0.6) is 0 Å². The molecule has 7 heteroatoms. The molecular weight excluding hydrogens is 335 g/mol. The number of benzene rings is 1. The summed E-state index contributed by atoms with van der Waals surface area (Å²) in [7, 11) is -9.55. The van der Waals surface area contributed by atoms with Gasteiger partial charge in [-0.05, 0) is 69.1 Å². The Labute approximate surface area is 133 Å². The highest BCUT2D eigenvalue weighted by molar-refractivity contribution is 8.45. The first-order valence-corrected chi connectivity index (χ1v) is 9.87. The molecule has 0 saturated heterocycles. The number of halogens is 5. The smallest absolute Gasteiger partial charge is 0.310 e. The summed E-state index contributed by atoms with van der Waals surface area (Å²) in [6.07, 6.45) is 5.94. The summed E-state index contributed by atoms with van der Waals surface area (Å²) in [4.78, 5) is -1.81. The first-order chi connectivity index (χ1) is 10.5. The molecule has 23 heavy (non-hydrogen) atoms. The van der Waals surface area contributed by atoms with Crippen molar-refractivity contribution in [3.05, 3.63) is 29.8 Å². The molecule has 0 atom stereocenters. The van der Waals surface area contributed by atoms with Gasteiger partial charge in [-0.25, -0.2) is 0 Å². The van der Waals surface area contributed by atoms with E-state index in [1.165, 1.54) is 12.1 Å². The molecule has 1 fully saturated rings. The van der Waals surface area contributed by atoms with E-state index >= 15 is 0 Å². The van der Waals surface area contributed by atoms with Crippen molar-refractivity contribution in [3.8, 4) is 0 Å². The summed E-state index contributed by atoms with van der Waals surface area (Å²) < 4.78 is 68.8. The van der Waals surface area contributed by atoms with Crippen LogP contribution in [0, 0.1) is 5.92 Å². The van der Waals surface area contributed by atoms with Crippen molar-refractivity contribution >= 4 is 10.2 Å². The van der Waals surface area contributed by atoms with Gasteiger partial charge in [0.1, 0.15) is 4.90 Å². The van der Waals surface area contributed by atoms with Gasteiger partial charge in [-0.1, -0.05) is 31.6 Å². The third kappa shape index (κ3) is 5.64. The lowest BCUT2D eigenvalue weighted by atomic mass is 9.84. The van der Waals surface area contributed by atoms with Crippen LogP contribution in [0.4, 0.5) is 19.4 Å². The zero-order chi connectivity index (χ0) is 17.2. The second-order valence-corrected chi connectivity index (χ2v) is 8.66. The van der Waals surface area contributed by atoms with Gasteiger partial charge in [0.15, 0.2) is 0 Å². The normalized spacial score (nSPS) is 25.7. The van der Waals surface area contributed by atoms with Crippen molar-refractivity contribution < 1.29 is 24.2 Å². The molecule has 0 N–H and O–H groups in total. The van der Waals surface area contributed by atoms with Crippen LogP contribution in [0.25, 0.3) is 0 Å². The van der Waals surface area contributed by atoms with E-state index in [-0.39, 0.29) is 0 Å². The van der Waals surface area contributed by atoms with Crippen LogP contribution < -0.4 is 0 Å². The van der Waals surface area contributed by atoms with Crippen LogP contribution in [0.2, 0.25) is 0 Å². The van der Waals surface area contributed by atoms with E-state index in [0.29, 0.717) is 42.7 Å². The fourth-order valence-corrected chi connectivity index (χ4v) is 3.76. The van der Waals surface area contributed by atoms with E-state index in [0.717, 1.165) is 32.1 Å². The molecule has 0 aliphatic heterocycles. The van der Waals surface area contributed by atoms with Crippen molar-refractivity contribution in [2.24, 2.45) is 5.92 Å². The monoisotopic (exact) mass is 358 g/mol. The van der Waals surface area contributed by atoms with Gasteiger partial charge in [-0.2, -0.15) is 0 Å². The molecule has 2 rings (SSSR count). The van der Waals surface area contributed by atoms with Crippen LogP contribution >= 0.6 is 10.2 Å². The highest BCUT2D eigenvalue weighted by Crippen LogP contribution is 3.02. The van der Waals surface area contributed by atoms with Crippen LogP contribution in [0.1, 0.15) is 44.6 Å². The van der Waals surface area contributed by atoms with Gasteiger partial charge in [-0.3, -0.25) is 0 Å². The third-order valence-electron chi connectivity index (χ3n) is 4.41. The predicted octanol–water partition coefficient (Wildman–Crippen LogP) is 6.87. The molecule has 0 unspecified atom stereocenters. The van der Waals surface area contributed by atoms with Gasteiger partial charge in [0.05, 0.1) is 6.10 Å². The lowest BCUT2D eigenvalue weighted by Crippen LogP contribution is -2.21. The van der Waals surface area contributed by atoms with Crippen LogP contribution in [0.3, 0.4) is 0 Å². The Morgan fingerprint density at radius 1 is 0.957 bits per heavy atom. The second-order valence-electron chi connectivity index (χ2n) is 6.25. The highest BCUT2D eigenvalue weighted by atomic mass is 32.5. The van der Waals surface area contributed by atoms with Gasteiger partial charge >= 0.3 is 10.2 Å². The molecule has 0 aromatic heterocycles. The molecule has 0 heterocycles. The van der Waals surface area contributed by atoms with Gasteiger partial charge in [0, 0.05) is 6.61 Å². The van der Waals surface area contributed by atoms with Crippen LogP contribution in [-0.2, 0) is 11.2 Å². The van der Waals surface area contributed by atoms with E-state index in [9.17, 15) is 19.4 Å². The van der Waals surface area contributed by atoms with Gasteiger partial charge in [0.25, 0.3) is 0 Å². The molecule has 0 radical (unpaired) electrons. The standard InChI is InChI=1S/C16H23F5OS/c1-2-22-15-9-5-13(6-10-15)3-4-14-7-11-16(12-8-14)23(17,18,19,20)21/h7-8,11-13,15H,2-6,9-10H2,1H3/t13-,15-. The van der Waals surface area contributed by atoms with E-state index in [1.807, 2.05) is 6.92 Å². The van der Waals surface area contributed by atoms with Gasteiger partial charge < -0.3 is 4.74 Å². The van der Waals surface area contributed by atoms with Crippen molar-refractivity contribution in [1.82, 2.24) is 0 Å². The van der Waals surface area contributed by atoms with Gasteiger partial charge in [-0.15, -0.1) is 0 Å². The first kappa shape index (κ1) is 18.5. The lowest BCUT2D eigenvalue weighted by molar-refractivity contribution is 0.0248. The Morgan fingerprint density at radius 3 is 2.00 bits per heavy atom. The minimum absolute atomic E-state index is 0.327. The number of hydrogen-bond acceptors (Lipinski definition) is 1. The van der Waals surface area contributed by atoms with Crippen molar-refractivity contribution in [2.45, 2.75) is 56.4 Å². The minimum atomic E-state index is -9.55. The summed E-state index contributed by atoms with van der Waals surface area (Å²) in [6, 6.07) is 3.34. The van der Waals surface area contributed by atoms with Gasteiger partial charge in [0.2, 0.25) is 0 Å². The Hall–Kier alpha value is -0.820. The first-order valence-electron chi connectivity index (χ1n) is 7.92. The Balaban J connectivity index is 1.86. The summed E-state index contributed by atoms with van der Waals surface area (Å²) in [5.41, 5.74) is 0.669. The average Bonchev–Trinajstić information content (AvgIpc) is 2.45. The summed E-state index contributed by atoms with van der Waals surface area (Å²) >= 11 is 0. The molecular formula is C16H23F5OS. The fraction of sp³-hybridized carbons (Fsp3) is 0.625. The second kappa shape index (κ2) is 5.92. The van der Waals surface area contributed by atoms with Crippen LogP contribution in [-0.4, -0.2) is 12.7 Å². The number of hydrogen-bond donors (Lipinski definition) is 0. The molecule has 134 valence electrons. The van der Waals surface area contributed by atoms with Crippen molar-refractivity contribution in [3.63, 3.8) is 0 Å². The molecule has 1 saturated carbocycles. The molecule has 0 amide bonds. The summed E-state index contributed by atoms with van der Waals surface area (Å²) in [5, 5.41) is 0. The molecule has 1 aromatic carbocycles. The quantitative estimate of drug-likeness (QED) is 0.504. The lowest BCUT2D eigenvalue weighted by Gasteiger charge is -2.40. The molecule has 0 spiro atoms. The molecule has 1 aromatic rings. The van der Waals surface area contributed by atoms with Crippen LogP contribution in [0.15, 0.2) is 29.2 Å². The Morgan fingerprint density at radius 2 is 1.52 bits per heavy atom. The SMILES string of the molecule is CCO[C@H]1CC[C@H](CCc2ccc(S(F)(F)(F)(F)F)cc2)CC1. The zero-order valence-corrected chi connectivity index (χ0v) is 13.9. The van der Waals surface area contributed by atoms with Crippen molar-refractivity contribution in [1.29, 1.82) is 0 Å². The molecule has 1 nitrogen and oxygen atoms in total. The third-order valence-corrected chi connectivity index (χ3v) is 5.57. The maximum atomic E-state index is 12.6. The number of aryl methyl sites for hydroxylation is 1. The molecule has 1 aliphatic rings. The fourth-order valence-electron chi connectivity index (χ4n) is 3.11. The molecule has 1 aliphatic carbocycles. The maximum Gasteiger partial charge on any atom is 0.310 e. The Bertz CT molecular complexity index is 517.